The minimum absolute atomic E-state index is 0.369. The van der Waals surface area contributed by atoms with Crippen molar-refractivity contribution in [1.82, 2.24) is 29.2 Å². The summed E-state index contributed by atoms with van der Waals surface area (Å²) in [7, 11) is 3.02. The lowest BCUT2D eigenvalue weighted by molar-refractivity contribution is 0.0600. The van der Waals surface area contributed by atoms with Crippen molar-refractivity contribution in [3.05, 3.63) is 200 Å². The van der Waals surface area contributed by atoms with Crippen LogP contribution in [-0.4, -0.2) is 49.4 Å². The maximum atomic E-state index is 11.7. The molecule has 0 unspecified atom stereocenters. The van der Waals surface area contributed by atoms with Crippen LogP contribution in [0.1, 0.15) is 10.4 Å². The number of carbonyl (C=O) groups is 1. The van der Waals surface area contributed by atoms with Crippen molar-refractivity contribution in [2.45, 2.75) is 0 Å². The van der Waals surface area contributed by atoms with Crippen molar-refractivity contribution in [3.63, 3.8) is 0 Å². The second-order valence-electron chi connectivity index (χ2n) is 14.2. The Hall–Kier alpha value is -8.97. The van der Waals surface area contributed by atoms with Crippen LogP contribution in [0.3, 0.4) is 0 Å². The predicted octanol–water partition coefficient (Wildman–Crippen LogP) is 11.7. The predicted molar refractivity (Wildman–Crippen MR) is 247 cm³/mol. The van der Waals surface area contributed by atoms with Crippen molar-refractivity contribution in [2.24, 2.45) is 0 Å². The normalized spacial score (nSPS) is 10.7. The van der Waals surface area contributed by atoms with Crippen molar-refractivity contribution < 1.29 is 23.7 Å². The Morgan fingerprint density at radius 3 is 1.44 bits per heavy atom. The second-order valence-corrected chi connectivity index (χ2v) is 14.2. The van der Waals surface area contributed by atoms with Gasteiger partial charge >= 0.3 is 5.97 Å². The van der Waals surface area contributed by atoms with E-state index >= 15 is 0 Å². The number of ether oxygens (including phenoxy) is 4. The third kappa shape index (κ3) is 9.48. The Labute approximate surface area is 368 Å². The van der Waals surface area contributed by atoms with Crippen molar-refractivity contribution in [2.75, 3.05) is 24.9 Å². The highest BCUT2D eigenvalue weighted by atomic mass is 16.5. The van der Waals surface area contributed by atoms with Crippen LogP contribution in [0, 0.1) is 0 Å². The fourth-order valence-corrected chi connectivity index (χ4v) is 6.74. The molecule has 13 heteroatoms. The number of hydrogen-bond donors (Lipinski definition) is 2. The smallest absolute Gasteiger partial charge is 0.337 e. The van der Waals surface area contributed by atoms with Gasteiger partial charge in [-0.15, -0.1) is 0 Å². The van der Waals surface area contributed by atoms with Gasteiger partial charge in [0.25, 0.3) is 0 Å². The summed E-state index contributed by atoms with van der Waals surface area (Å²) in [6, 6.07) is 53.6. The van der Waals surface area contributed by atoms with Gasteiger partial charge in [0.2, 0.25) is 0 Å². The maximum Gasteiger partial charge on any atom is 0.337 e. The number of methoxy groups -OCH3 is 2. The number of aromatic nitrogens is 6. The lowest BCUT2D eigenvalue weighted by Crippen LogP contribution is -2.00. The lowest BCUT2D eigenvalue weighted by Gasteiger charge is -2.09. The van der Waals surface area contributed by atoms with Gasteiger partial charge in [0.15, 0.2) is 11.3 Å². The third-order valence-electron chi connectivity index (χ3n) is 9.95. The molecule has 4 aromatic heterocycles. The van der Waals surface area contributed by atoms with E-state index in [1.54, 1.807) is 34.5 Å². The van der Waals surface area contributed by atoms with Gasteiger partial charge in [0.05, 0.1) is 32.2 Å². The van der Waals surface area contributed by atoms with E-state index in [2.05, 4.69) is 20.8 Å². The van der Waals surface area contributed by atoms with Gasteiger partial charge in [-0.25, -0.2) is 23.8 Å². The van der Waals surface area contributed by atoms with E-state index in [-0.39, 0.29) is 5.97 Å². The molecule has 0 bridgehead atoms. The molecule has 0 aliphatic rings. The molecule has 4 heterocycles. The first kappa shape index (κ1) is 40.4. The molecule has 0 amide bonds. The van der Waals surface area contributed by atoms with E-state index in [4.69, 9.17) is 28.9 Å². The molecule has 6 aromatic carbocycles. The van der Waals surface area contributed by atoms with Crippen LogP contribution in [0.4, 0.5) is 23.0 Å². The summed E-state index contributed by atoms with van der Waals surface area (Å²) in [5, 5.41) is 15.5. The third-order valence-corrected chi connectivity index (χ3v) is 9.95. The summed E-state index contributed by atoms with van der Waals surface area (Å²) in [6.45, 7) is 0. The molecular formula is C51H40N8O5. The summed E-state index contributed by atoms with van der Waals surface area (Å²) in [5.41, 5.74) is 7.47. The van der Waals surface area contributed by atoms with Gasteiger partial charge in [0, 0.05) is 34.9 Å². The summed E-state index contributed by atoms with van der Waals surface area (Å²) >= 11 is 0. The average Bonchev–Trinajstić information content (AvgIpc) is 3.98. The molecule has 0 spiro atoms. The zero-order chi connectivity index (χ0) is 43.7. The number of esters is 1. The highest BCUT2D eigenvalue weighted by Crippen LogP contribution is 2.30. The minimum atomic E-state index is -0.369. The molecule has 0 fully saturated rings. The van der Waals surface area contributed by atoms with Crippen LogP contribution >= 0.6 is 0 Å². The fraction of sp³-hybridized carbons (Fsp3) is 0.0392. The standard InChI is InChI=1S/C26H20N4O3.C25H20N4O2/c1-32-26(31)19-9-7-18(8-10-19)23-17-27-30-16-15-24(29-25(23)30)28-20-11-13-22(14-12-20)33-21-5-3-2-4-6-21;1-30-22-9-5-6-18(16-22)23-17-26-29-15-14-24(28-25(23)29)27-19-10-12-21(13-11-19)31-20-7-3-2-4-8-20/h2-17H,1H3,(H,28,29);2-17H,1H3,(H,27,28). The summed E-state index contributed by atoms with van der Waals surface area (Å²) in [5.74, 6) is 4.97. The molecule has 0 saturated heterocycles. The Morgan fingerprint density at radius 2 is 0.953 bits per heavy atom. The Morgan fingerprint density at radius 1 is 0.484 bits per heavy atom. The van der Waals surface area contributed by atoms with Crippen molar-refractivity contribution >= 4 is 40.3 Å². The number of fused-ring (bicyclic) bond motifs is 2. The number of nitrogens with zero attached hydrogens (tertiary/aromatic N) is 6. The summed E-state index contributed by atoms with van der Waals surface area (Å²) in [4.78, 5) is 21.2. The summed E-state index contributed by atoms with van der Waals surface area (Å²) < 4.78 is 25.3. The zero-order valence-electron chi connectivity index (χ0n) is 34.7. The van der Waals surface area contributed by atoms with Crippen LogP contribution in [0.5, 0.6) is 28.7 Å². The van der Waals surface area contributed by atoms with Gasteiger partial charge in [-0.05, 0) is 120 Å². The molecule has 0 atom stereocenters. The molecule has 13 nitrogen and oxygen atoms in total. The van der Waals surface area contributed by atoms with Gasteiger partial charge in [-0.2, -0.15) is 10.2 Å². The lowest BCUT2D eigenvalue weighted by atomic mass is 10.1. The highest BCUT2D eigenvalue weighted by molar-refractivity contribution is 5.90. The number of benzene rings is 6. The van der Waals surface area contributed by atoms with Crippen LogP contribution in [0.2, 0.25) is 0 Å². The monoisotopic (exact) mass is 844 g/mol. The minimum Gasteiger partial charge on any atom is -0.497 e. The molecule has 0 radical (unpaired) electrons. The molecule has 0 aliphatic heterocycles. The van der Waals surface area contributed by atoms with Crippen LogP contribution in [-0.2, 0) is 4.74 Å². The largest absolute Gasteiger partial charge is 0.497 e. The molecule has 0 aliphatic carbocycles. The number of carbonyl (C=O) groups excluding carboxylic acids is 1. The van der Waals surface area contributed by atoms with Gasteiger partial charge in [0.1, 0.15) is 40.4 Å². The maximum absolute atomic E-state index is 11.7. The second kappa shape index (κ2) is 18.7. The fourth-order valence-electron chi connectivity index (χ4n) is 6.74. The Bertz CT molecular complexity index is 3140. The topological polar surface area (TPSA) is 138 Å². The molecule has 314 valence electrons. The average molecular weight is 845 g/mol. The first-order valence-electron chi connectivity index (χ1n) is 20.2. The van der Waals surface area contributed by atoms with E-state index in [1.165, 1.54) is 7.11 Å². The van der Waals surface area contributed by atoms with Gasteiger partial charge in [-0.3, -0.25) is 0 Å². The number of para-hydroxylation sites is 2. The molecule has 2 N–H and O–H groups in total. The Balaban J connectivity index is 0.000000162. The molecular weight excluding hydrogens is 805 g/mol. The number of nitrogens with one attached hydrogen (secondary N) is 2. The van der Waals surface area contributed by atoms with Gasteiger partial charge in [-0.1, -0.05) is 60.7 Å². The van der Waals surface area contributed by atoms with E-state index in [0.29, 0.717) is 17.0 Å². The number of hydrogen-bond acceptors (Lipinski definition) is 11. The van der Waals surface area contributed by atoms with Crippen LogP contribution < -0.4 is 24.8 Å². The first-order chi connectivity index (χ1) is 31.5. The summed E-state index contributed by atoms with van der Waals surface area (Å²) in [6.07, 6.45) is 7.32. The molecule has 10 aromatic rings. The molecule has 10 rings (SSSR count). The van der Waals surface area contributed by atoms with E-state index in [0.717, 1.165) is 73.8 Å². The van der Waals surface area contributed by atoms with E-state index < -0.39 is 0 Å². The van der Waals surface area contributed by atoms with Crippen molar-refractivity contribution in [1.29, 1.82) is 0 Å². The number of anilines is 4. The van der Waals surface area contributed by atoms with Gasteiger partial charge < -0.3 is 29.6 Å². The molecule has 0 saturated carbocycles. The SMILES string of the molecule is COC(=O)c1ccc(-c2cnn3ccc(Nc4ccc(Oc5ccccc5)cc4)nc23)cc1.COc1cccc(-c2cnn3ccc(Nc4ccc(Oc5ccccc5)cc4)nc23)c1. The van der Waals surface area contributed by atoms with E-state index in [1.807, 2.05) is 176 Å². The first-order valence-corrected chi connectivity index (χ1v) is 20.2. The van der Waals surface area contributed by atoms with Crippen LogP contribution in [0.15, 0.2) is 195 Å². The Kier molecular flexibility index (Phi) is 11.8. The quantitative estimate of drug-likeness (QED) is 0.114. The van der Waals surface area contributed by atoms with Crippen LogP contribution in [0.25, 0.3) is 33.5 Å². The molecule has 64 heavy (non-hydrogen) atoms. The highest BCUT2D eigenvalue weighted by Gasteiger charge is 2.13. The van der Waals surface area contributed by atoms with Crippen molar-refractivity contribution in [3.8, 4) is 51.0 Å². The number of rotatable bonds is 12. The zero-order valence-corrected chi connectivity index (χ0v) is 34.7. The van der Waals surface area contributed by atoms with E-state index in [9.17, 15) is 4.79 Å².